The standard InChI is InChI=1S/C20H23ClN2O2/c1-3-4-12-24-20-10-9-16(14-17(20)21)11-13-25-23-15(2)22-18-7-5-6-8-19(18)23/h5-10,14H,3-4,11-13H2,1-2H3. The molecule has 0 fully saturated rings. The van der Waals surface area contributed by atoms with E-state index in [0.717, 1.165) is 47.4 Å². The van der Waals surface area contributed by atoms with Gasteiger partial charge >= 0.3 is 0 Å². The number of para-hydroxylation sites is 2. The van der Waals surface area contributed by atoms with E-state index in [1.54, 1.807) is 4.73 Å². The number of aryl methyl sites for hydroxylation is 1. The van der Waals surface area contributed by atoms with E-state index in [1.165, 1.54) is 0 Å². The zero-order valence-electron chi connectivity index (χ0n) is 14.7. The summed E-state index contributed by atoms with van der Waals surface area (Å²) in [7, 11) is 0. The Hall–Kier alpha value is -2.20. The smallest absolute Gasteiger partial charge is 0.143 e. The third-order valence-corrected chi connectivity index (χ3v) is 4.33. The van der Waals surface area contributed by atoms with Crippen molar-refractivity contribution >= 4 is 22.6 Å². The molecule has 0 aliphatic carbocycles. The molecule has 132 valence electrons. The molecule has 0 radical (unpaired) electrons. The Bertz CT molecular complexity index is 845. The van der Waals surface area contributed by atoms with Crippen molar-refractivity contribution in [3.8, 4) is 5.75 Å². The monoisotopic (exact) mass is 358 g/mol. The quantitative estimate of drug-likeness (QED) is 0.540. The second-order valence-corrected chi connectivity index (χ2v) is 6.40. The summed E-state index contributed by atoms with van der Waals surface area (Å²) < 4.78 is 7.47. The van der Waals surface area contributed by atoms with Crippen LogP contribution in [0.15, 0.2) is 42.5 Å². The summed E-state index contributed by atoms with van der Waals surface area (Å²) in [5.74, 6) is 1.59. The highest BCUT2D eigenvalue weighted by Crippen LogP contribution is 2.26. The molecule has 3 aromatic rings. The van der Waals surface area contributed by atoms with Gasteiger partial charge in [-0.25, -0.2) is 4.98 Å². The third kappa shape index (κ3) is 4.26. The number of halogens is 1. The number of hydrogen-bond donors (Lipinski definition) is 0. The molecule has 0 amide bonds. The maximum absolute atomic E-state index is 6.31. The van der Waals surface area contributed by atoms with Crippen LogP contribution in [-0.2, 0) is 6.42 Å². The molecular formula is C20H23ClN2O2. The van der Waals surface area contributed by atoms with E-state index in [4.69, 9.17) is 21.2 Å². The fourth-order valence-electron chi connectivity index (χ4n) is 2.69. The van der Waals surface area contributed by atoms with Crippen LogP contribution in [0.5, 0.6) is 5.75 Å². The molecule has 0 bridgehead atoms. The van der Waals surface area contributed by atoms with Gasteiger partial charge in [-0.1, -0.05) is 43.1 Å². The van der Waals surface area contributed by atoms with Gasteiger partial charge in [0, 0.05) is 6.42 Å². The molecule has 0 unspecified atom stereocenters. The summed E-state index contributed by atoms with van der Waals surface area (Å²) in [6.45, 7) is 5.33. The van der Waals surface area contributed by atoms with E-state index in [2.05, 4.69) is 11.9 Å². The molecule has 25 heavy (non-hydrogen) atoms. The largest absolute Gasteiger partial charge is 0.492 e. The first-order chi connectivity index (χ1) is 12.2. The molecule has 3 rings (SSSR count). The number of rotatable bonds is 8. The van der Waals surface area contributed by atoms with Crippen LogP contribution >= 0.6 is 11.6 Å². The Balaban J connectivity index is 1.60. The van der Waals surface area contributed by atoms with E-state index >= 15 is 0 Å². The van der Waals surface area contributed by atoms with Gasteiger partial charge in [0.05, 0.1) is 17.1 Å². The van der Waals surface area contributed by atoms with Crippen molar-refractivity contribution in [3.63, 3.8) is 0 Å². The van der Waals surface area contributed by atoms with Gasteiger partial charge in [0.2, 0.25) is 0 Å². The second kappa shape index (κ2) is 8.26. The van der Waals surface area contributed by atoms with E-state index in [1.807, 2.05) is 49.4 Å². The molecule has 1 aromatic heterocycles. The molecule has 0 aliphatic rings. The molecule has 1 heterocycles. The topological polar surface area (TPSA) is 36.3 Å². The predicted octanol–water partition coefficient (Wildman–Crippen LogP) is 4.85. The molecular weight excluding hydrogens is 336 g/mol. The molecule has 0 aliphatic heterocycles. The lowest BCUT2D eigenvalue weighted by atomic mass is 10.1. The predicted molar refractivity (Wildman–Crippen MR) is 101 cm³/mol. The van der Waals surface area contributed by atoms with Crippen LogP contribution in [0.2, 0.25) is 5.02 Å². The highest BCUT2D eigenvalue weighted by Gasteiger charge is 2.08. The summed E-state index contributed by atoms with van der Waals surface area (Å²) >= 11 is 6.31. The van der Waals surface area contributed by atoms with Gasteiger partial charge in [-0.15, -0.1) is 0 Å². The SMILES string of the molecule is CCCCOc1ccc(CCOn2c(C)nc3ccccc32)cc1Cl. The first-order valence-electron chi connectivity index (χ1n) is 8.67. The van der Waals surface area contributed by atoms with Crippen molar-refractivity contribution in [2.75, 3.05) is 13.2 Å². The lowest BCUT2D eigenvalue weighted by Gasteiger charge is -2.11. The van der Waals surface area contributed by atoms with Crippen molar-refractivity contribution < 1.29 is 9.57 Å². The zero-order chi connectivity index (χ0) is 17.6. The molecule has 4 nitrogen and oxygen atoms in total. The lowest BCUT2D eigenvalue weighted by Crippen LogP contribution is -2.15. The van der Waals surface area contributed by atoms with E-state index in [0.29, 0.717) is 18.2 Å². The Labute approximate surface area is 153 Å². The van der Waals surface area contributed by atoms with Crippen molar-refractivity contribution in [1.82, 2.24) is 9.71 Å². The normalized spacial score (nSPS) is 11.0. The van der Waals surface area contributed by atoms with Gasteiger partial charge in [0.15, 0.2) is 0 Å². The number of hydrogen-bond acceptors (Lipinski definition) is 3. The minimum absolute atomic E-state index is 0.549. The van der Waals surface area contributed by atoms with Crippen molar-refractivity contribution in [2.45, 2.75) is 33.1 Å². The van der Waals surface area contributed by atoms with E-state index in [9.17, 15) is 0 Å². The van der Waals surface area contributed by atoms with Crippen LogP contribution in [0.1, 0.15) is 31.2 Å². The van der Waals surface area contributed by atoms with E-state index < -0.39 is 0 Å². The molecule has 5 heteroatoms. The van der Waals surface area contributed by atoms with Crippen LogP contribution < -0.4 is 9.57 Å². The summed E-state index contributed by atoms with van der Waals surface area (Å²) in [5.41, 5.74) is 3.05. The van der Waals surface area contributed by atoms with Gasteiger partial charge in [-0.3, -0.25) is 0 Å². The number of nitrogens with zero attached hydrogens (tertiary/aromatic N) is 2. The lowest BCUT2D eigenvalue weighted by molar-refractivity contribution is 0.117. The highest BCUT2D eigenvalue weighted by atomic mass is 35.5. The number of ether oxygens (including phenoxy) is 1. The first kappa shape index (κ1) is 17.6. The Morgan fingerprint density at radius 3 is 2.76 bits per heavy atom. The molecule has 0 saturated carbocycles. The number of benzene rings is 2. The summed E-state index contributed by atoms with van der Waals surface area (Å²) in [6, 6.07) is 13.9. The van der Waals surface area contributed by atoms with Gasteiger partial charge in [-0.2, -0.15) is 4.73 Å². The van der Waals surface area contributed by atoms with Gasteiger partial charge in [0.25, 0.3) is 0 Å². The fourth-order valence-corrected chi connectivity index (χ4v) is 2.94. The maximum atomic E-state index is 6.31. The fraction of sp³-hybridized carbons (Fsp3) is 0.350. The minimum atomic E-state index is 0.549. The van der Waals surface area contributed by atoms with Crippen molar-refractivity contribution in [1.29, 1.82) is 0 Å². The van der Waals surface area contributed by atoms with Crippen molar-refractivity contribution in [3.05, 3.63) is 58.9 Å². The molecule has 0 spiro atoms. The summed E-state index contributed by atoms with van der Waals surface area (Å²) in [6.07, 6.45) is 2.90. The van der Waals surface area contributed by atoms with Gasteiger partial charge in [-0.05, 0) is 43.2 Å². The average molecular weight is 359 g/mol. The number of fused-ring (bicyclic) bond motifs is 1. The van der Waals surface area contributed by atoms with Crippen LogP contribution in [0.3, 0.4) is 0 Å². The molecule has 0 saturated heterocycles. The van der Waals surface area contributed by atoms with Gasteiger partial charge < -0.3 is 9.57 Å². The Morgan fingerprint density at radius 2 is 1.96 bits per heavy atom. The molecule has 0 atom stereocenters. The van der Waals surface area contributed by atoms with Crippen LogP contribution in [0, 0.1) is 6.92 Å². The number of aromatic nitrogens is 2. The summed E-state index contributed by atoms with van der Waals surface area (Å²) in [5, 5.41) is 0.651. The van der Waals surface area contributed by atoms with Crippen LogP contribution in [0.25, 0.3) is 11.0 Å². The number of imidazole rings is 1. The van der Waals surface area contributed by atoms with Gasteiger partial charge in [0.1, 0.15) is 23.7 Å². The summed E-state index contributed by atoms with van der Waals surface area (Å²) in [4.78, 5) is 10.4. The second-order valence-electron chi connectivity index (χ2n) is 5.99. The highest BCUT2D eigenvalue weighted by molar-refractivity contribution is 6.32. The minimum Gasteiger partial charge on any atom is -0.492 e. The van der Waals surface area contributed by atoms with Crippen LogP contribution in [-0.4, -0.2) is 22.9 Å². The van der Waals surface area contributed by atoms with E-state index in [-0.39, 0.29) is 0 Å². The Morgan fingerprint density at radius 1 is 1.12 bits per heavy atom. The zero-order valence-corrected chi connectivity index (χ0v) is 15.4. The number of unbranched alkanes of at least 4 members (excludes halogenated alkanes) is 1. The first-order valence-corrected chi connectivity index (χ1v) is 9.05. The third-order valence-electron chi connectivity index (χ3n) is 4.04. The Kier molecular flexibility index (Phi) is 5.82. The molecule has 2 aromatic carbocycles. The van der Waals surface area contributed by atoms with Crippen molar-refractivity contribution in [2.24, 2.45) is 0 Å². The average Bonchev–Trinajstić information content (AvgIpc) is 2.93. The maximum Gasteiger partial charge on any atom is 0.143 e. The van der Waals surface area contributed by atoms with Crippen LogP contribution in [0.4, 0.5) is 0 Å². The molecule has 0 N–H and O–H groups in total.